The van der Waals surface area contributed by atoms with Crippen molar-refractivity contribution in [3.63, 3.8) is 0 Å². The Balaban J connectivity index is 1.73. The lowest BCUT2D eigenvalue weighted by atomic mass is 9.95. The number of hydrogen-bond acceptors (Lipinski definition) is 5. The standard InChI is InChI=1S/C19H21F3N4O3/c1-28-15-5-3-2-4-12(15)14-10-16(19(20,21)22)26-17(24-14)13(11-23-26)18(27)25-6-8-29-9-7-25/h2-5,11,14,16,24H,6-10H2,1H3/t14-,16-/m0/s1. The van der Waals surface area contributed by atoms with Crippen molar-refractivity contribution in [2.45, 2.75) is 24.7 Å². The average molecular weight is 410 g/mol. The van der Waals surface area contributed by atoms with Crippen LogP contribution in [0.2, 0.25) is 0 Å². The van der Waals surface area contributed by atoms with Gasteiger partial charge in [0, 0.05) is 25.1 Å². The van der Waals surface area contributed by atoms with Gasteiger partial charge in [-0.1, -0.05) is 18.2 Å². The number of fused-ring (bicyclic) bond motifs is 1. The average Bonchev–Trinajstić information content (AvgIpc) is 3.16. The van der Waals surface area contributed by atoms with Gasteiger partial charge in [0.2, 0.25) is 0 Å². The lowest BCUT2D eigenvalue weighted by Crippen LogP contribution is -2.41. The number of morpholine rings is 1. The van der Waals surface area contributed by atoms with Gasteiger partial charge in [-0.3, -0.25) is 4.79 Å². The van der Waals surface area contributed by atoms with Gasteiger partial charge in [0.25, 0.3) is 5.91 Å². The molecule has 2 aromatic rings. The van der Waals surface area contributed by atoms with E-state index in [1.807, 2.05) is 0 Å². The van der Waals surface area contributed by atoms with Crippen LogP contribution in [0.15, 0.2) is 30.5 Å². The van der Waals surface area contributed by atoms with Crippen LogP contribution in [0.5, 0.6) is 5.75 Å². The summed E-state index contributed by atoms with van der Waals surface area (Å²) in [6.07, 6.45) is -3.56. The minimum atomic E-state index is -4.51. The normalized spacial score (nSPS) is 22.0. The number of rotatable bonds is 3. The first-order valence-electron chi connectivity index (χ1n) is 9.31. The number of halogens is 3. The maximum atomic E-state index is 13.8. The first-order chi connectivity index (χ1) is 13.9. The molecule has 2 atom stereocenters. The molecule has 1 saturated heterocycles. The second-order valence-electron chi connectivity index (χ2n) is 6.99. The molecular weight excluding hydrogens is 389 g/mol. The van der Waals surface area contributed by atoms with Crippen molar-refractivity contribution in [2.24, 2.45) is 0 Å². The highest BCUT2D eigenvalue weighted by Gasteiger charge is 2.47. The van der Waals surface area contributed by atoms with E-state index in [1.54, 1.807) is 29.2 Å². The smallest absolute Gasteiger partial charge is 0.410 e. The number of alkyl halides is 3. The minimum absolute atomic E-state index is 0.0750. The van der Waals surface area contributed by atoms with Crippen molar-refractivity contribution >= 4 is 11.7 Å². The number of nitrogens with zero attached hydrogens (tertiary/aromatic N) is 3. The van der Waals surface area contributed by atoms with Gasteiger partial charge in [0.05, 0.1) is 32.6 Å². The van der Waals surface area contributed by atoms with E-state index in [1.165, 1.54) is 13.3 Å². The lowest BCUT2D eigenvalue weighted by molar-refractivity contribution is -0.173. The van der Waals surface area contributed by atoms with Gasteiger partial charge in [-0.25, -0.2) is 4.68 Å². The molecule has 0 unspecified atom stereocenters. The molecule has 0 radical (unpaired) electrons. The first-order valence-corrected chi connectivity index (χ1v) is 9.31. The molecule has 7 nitrogen and oxygen atoms in total. The largest absolute Gasteiger partial charge is 0.496 e. The molecule has 4 rings (SSSR count). The maximum absolute atomic E-state index is 13.8. The summed E-state index contributed by atoms with van der Waals surface area (Å²) in [6.45, 7) is 1.58. The molecule has 29 heavy (non-hydrogen) atoms. The Hall–Kier alpha value is -2.75. The van der Waals surface area contributed by atoms with Crippen LogP contribution in [-0.2, 0) is 4.74 Å². The van der Waals surface area contributed by atoms with Crippen molar-refractivity contribution in [1.29, 1.82) is 0 Å². The van der Waals surface area contributed by atoms with Crippen LogP contribution in [-0.4, -0.2) is 60.2 Å². The molecule has 1 N–H and O–H groups in total. The lowest BCUT2D eigenvalue weighted by Gasteiger charge is -2.35. The number of methoxy groups -OCH3 is 1. The molecule has 156 valence electrons. The highest BCUT2D eigenvalue weighted by Crippen LogP contribution is 2.45. The quantitative estimate of drug-likeness (QED) is 0.843. The van der Waals surface area contributed by atoms with E-state index in [9.17, 15) is 18.0 Å². The van der Waals surface area contributed by atoms with Crippen LogP contribution in [0.25, 0.3) is 0 Å². The molecule has 2 aliphatic rings. The van der Waals surface area contributed by atoms with Crippen molar-refractivity contribution in [2.75, 3.05) is 38.7 Å². The number of para-hydroxylation sites is 1. The van der Waals surface area contributed by atoms with E-state index >= 15 is 0 Å². The summed E-state index contributed by atoms with van der Waals surface area (Å²) < 4.78 is 52.9. The number of carbonyl (C=O) groups is 1. The molecule has 1 aromatic heterocycles. The molecule has 2 aliphatic heterocycles. The Bertz CT molecular complexity index is 893. The summed E-state index contributed by atoms with van der Waals surface area (Å²) >= 11 is 0. The summed E-state index contributed by atoms with van der Waals surface area (Å²) in [7, 11) is 1.47. The van der Waals surface area contributed by atoms with Crippen LogP contribution in [0.3, 0.4) is 0 Å². The molecule has 1 fully saturated rings. The third kappa shape index (κ3) is 3.64. The zero-order chi connectivity index (χ0) is 20.6. The van der Waals surface area contributed by atoms with E-state index < -0.39 is 18.3 Å². The van der Waals surface area contributed by atoms with Crippen molar-refractivity contribution in [3.8, 4) is 5.75 Å². The van der Waals surface area contributed by atoms with E-state index in [-0.39, 0.29) is 23.7 Å². The van der Waals surface area contributed by atoms with Gasteiger partial charge in [-0.2, -0.15) is 18.3 Å². The Kier molecular flexibility index (Phi) is 5.12. The van der Waals surface area contributed by atoms with Gasteiger partial charge in [-0.15, -0.1) is 0 Å². The number of ether oxygens (including phenoxy) is 2. The van der Waals surface area contributed by atoms with Gasteiger partial charge in [0.15, 0.2) is 6.04 Å². The zero-order valence-electron chi connectivity index (χ0n) is 15.8. The predicted molar refractivity (Wildman–Crippen MR) is 98.0 cm³/mol. The molecule has 0 aliphatic carbocycles. The van der Waals surface area contributed by atoms with E-state index in [2.05, 4.69) is 10.4 Å². The fraction of sp³-hybridized carbons (Fsp3) is 0.474. The number of carbonyl (C=O) groups excluding carboxylic acids is 1. The number of aromatic nitrogens is 2. The second kappa shape index (κ2) is 7.58. The third-order valence-electron chi connectivity index (χ3n) is 5.28. The molecule has 1 aromatic carbocycles. The van der Waals surface area contributed by atoms with Crippen LogP contribution < -0.4 is 10.1 Å². The molecule has 0 spiro atoms. The van der Waals surface area contributed by atoms with Gasteiger partial charge in [-0.05, 0) is 6.07 Å². The third-order valence-corrected chi connectivity index (χ3v) is 5.28. The summed E-state index contributed by atoms with van der Waals surface area (Å²) in [5.74, 6) is 0.203. The molecule has 1 amide bonds. The van der Waals surface area contributed by atoms with E-state index in [0.717, 1.165) is 4.68 Å². The molecule has 0 bridgehead atoms. The van der Waals surface area contributed by atoms with E-state index in [4.69, 9.17) is 9.47 Å². The number of hydrogen-bond donors (Lipinski definition) is 1. The van der Waals surface area contributed by atoms with Crippen LogP contribution in [0, 0.1) is 0 Å². The fourth-order valence-corrected chi connectivity index (χ4v) is 3.81. The van der Waals surface area contributed by atoms with Crippen LogP contribution >= 0.6 is 0 Å². The maximum Gasteiger partial charge on any atom is 0.410 e. The second-order valence-corrected chi connectivity index (χ2v) is 6.99. The van der Waals surface area contributed by atoms with Gasteiger partial charge < -0.3 is 19.7 Å². The van der Waals surface area contributed by atoms with Crippen LogP contribution in [0.1, 0.15) is 34.4 Å². The summed E-state index contributed by atoms with van der Waals surface area (Å²) in [5, 5.41) is 7.02. The monoisotopic (exact) mass is 410 g/mol. The van der Waals surface area contributed by atoms with Crippen molar-refractivity contribution in [3.05, 3.63) is 41.6 Å². The SMILES string of the molecule is COc1ccccc1[C@@H]1C[C@@H](C(F)(F)F)n2ncc(C(=O)N3CCOCC3)c2N1. The van der Waals surface area contributed by atoms with Crippen molar-refractivity contribution in [1.82, 2.24) is 14.7 Å². The Morgan fingerprint density at radius 2 is 2.00 bits per heavy atom. The number of benzene rings is 1. The van der Waals surface area contributed by atoms with Gasteiger partial charge >= 0.3 is 6.18 Å². The number of anilines is 1. The minimum Gasteiger partial charge on any atom is -0.496 e. The number of amides is 1. The highest BCUT2D eigenvalue weighted by molar-refractivity contribution is 5.99. The summed E-state index contributed by atoms with van der Waals surface area (Å²) in [6, 6.07) is 4.39. The fourth-order valence-electron chi connectivity index (χ4n) is 3.81. The Labute approximate surface area is 165 Å². The van der Waals surface area contributed by atoms with Gasteiger partial charge in [0.1, 0.15) is 17.1 Å². The Morgan fingerprint density at radius 3 is 2.69 bits per heavy atom. The summed E-state index contributed by atoms with van der Waals surface area (Å²) in [5.41, 5.74) is 0.724. The van der Waals surface area contributed by atoms with Crippen molar-refractivity contribution < 1.29 is 27.4 Å². The number of nitrogens with one attached hydrogen (secondary N) is 1. The zero-order valence-corrected chi connectivity index (χ0v) is 15.8. The summed E-state index contributed by atoms with van der Waals surface area (Å²) in [4.78, 5) is 14.5. The molecule has 10 heteroatoms. The first kappa shape index (κ1) is 19.6. The molecule has 3 heterocycles. The molecular formula is C19H21F3N4O3. The highest BCUT2D eigenvalue weighted by atomic mass is 19.4. The van der Waals surface area contributed by atoms with Crippen LogP contribution in [0.4, 0.5) is 19.0 Å². The topological polar surface area (TPSA) is 68.6 Å². The Morgan fingerprint density at radius 1 is 1.28 bits per heavy atom. The molecule has 0 saturated carbocycles. The predicted octanol–water partition coefficient (Wildman–Crippen LogP) is 3.02. The van der Waals surface area contributed by atoms with E-state index in [0.29, 0.717) is 37.6 Å².